The Labute approximate surface area is 154 Å². The first kappa shape index (κ1) is 18.4. The van der Waals surface area contributed by atoms with Crippen molar-refractivity contribution in [2.24, 2.45) is 7.05 Å². The molecule has 7 heteroatoms. The molecule has 1 aliphatic rings. The van der Waals surface area contributed by atoms with Crippen molar-refractivity contribution in [3.8, 4) is 0 Å². The largest absolute Gasteiger partial charge is 0.384 e. The highest BCUT2D eigenvalue weighted by atomic mass is 16.5. The molecule has 7 nitrogen and oxygen atoms in total. The number of hydrogen-bond acceptors (Lipinski definition) is 5. The van der Waals surface area contributed by atoms with Gasteiger partial charge in [0.15, 0.2) is 0 Å². The minimum absolute atomic E-state index is 0.0715. The maximum atomic E-state index is 12.6. The second-order valence-electron chi connectivity index (χ2n) is 6.84. The number of morpholine rings is 1. The zero-order valence-corrected chi connectivity index (χ0v) is 15.5. The highest BCUT2D eigenvalue weighted by Gasteiger charge is 2.24. The second-order valence-corrected chi connectivity index (χ2v) is 6.84. The number of pyridine rings is 1. The van der Waals surface area contributed by atoms with E-state index < -0.39 is 0 Å². The third-order valence-corrected chi connectivity index (χ3v) is 5.04. The third-order valence-electron chi connectivity index (χ3n) is 5.04. The van der Waals surface area contributed by atoms with Crippen LogP contribution in [0.25, 0.3) is 0 Å². The Hall–Kier alpha value is -2.41. The van der Waals surface area contributed by atoms with Crippen molar-refractivity contribution in [1.82, 2.24) is 19.7 Å². The van der Waals surface area contributed by atoms with Gasteiger partial charge in [0.25, 0.3) is 0 Å². The van der Waals surface area contributed by atoms with Gasteiger partial charge in [-0.2, -0.15) is 5.10 Å². The summed E-state index contributed by atoms with van der Waals surface area (Å²) in [6.45, 7) is 3.96. The predicted octanol–water partition coefficient (Wildman–Crippen LogP) is 1.50. The van der Waals surface area contributed by atoms with Crippen LogP contribution >= 0.6 is 0 Å². The topological polar surface area (TPSA) is 86.3 Å². The number of nitrogen functional groups attached to an aromatic ring is 1. The molecule has 3 rings (SSSR count). The molecule has 1 aliphatic heterocycles. The van der Waals surface area contributed by atoms with Crippen molar-refractivity contribution in [1.29, 1.82) is 0 Å². The van der Waals surface area contributed by atoms with Crippen LogP contribution in [0.3, 0.4) is 0 Å². The van der Waals surface area contributed by atoms with Crippen molar-refractivity contribution >= 4 is 11.7 Å². The summed E-state index contributed by atoms with van der Waals surface area (Å²) in [5, 5.41) is 4.24. The van der Waals surface area contributed by atoms with E-state index in [1.54, 1.807) is 6.20 Å². The van der Waals surface area contributed by atoms with Crippen molar-refractivity contribution in [2.75, 3.05) is 25.4 Å². The molecule has 1 amide bonds. The zero-order valence-electron chi connectivity index (χ0n) is 15.5. The van der Waals surface area contributed by atoms with Crippen LogP contribution in [0.1, 0.15) is 29.7 Å². The highest BCUT2D eigenvalue weighted by Crippen LogP contribution is 2.15. The molecule has 3 heterocycles. The second kappa shape index (κ2) is 8.31. The number of ether oxygens (including phenoxy) is 1. The molecule has 140 valence electrons. The summed E-state index contributed by atoms with van der Waals surface area (Å²) in [5.74, 6) is 0.726. The van der Waals surface area contributed by atoms with E-state index in [9.17, 15) is 4.79 Å². The molecule has 1 saturated heterocycles. The van der Waals surface area contributed by atoms with E-state index in [1.807, 2.05) is 41.9 Å². The smallest absolute Gasteiger partial charge is 0.223 e. The monoisotopic (exact) mass is 357 g/mol. The number of rotatable bonds is 6. The lowest BCUT2D eigenvalue weighted by Gasteiger charge is -2.33. The Kier molecular flexibility index (Phi) is 5.88. The molecule has 2 N–H and O–H groups in total. The van der Waals surface area contributed by atoms with Crippen LogP contribution in [-0.2, 0) is 29.4 Å². The van der Waals surface area contributed by atoms with E-state index >= 15 is 0 Å². The summed E-state index contributed by atoms with van der Waals surface area (Å²) in [6, 6.07) is 3.86. The molecule has 0 saturated carbocycles. The van der Waals surface area contributed by atoms with Gasteiger partial charge in [-0.3, -0.25) is 9.48 Å². The first-order chi connectivity index (χ1) is 12.5. The number of amides is 1. The molecule has 0 radical (unpaired) electrons. The SMILES string of the molecule is Cc1c(CCC(=O)N2CCO[C@@H](CCc3ccnc(N)c3)C2)cnn1C. The lowest BCUT2D eigenvalue weighted by atomic mass is 10.1. The Morgan fingerprint density at radius 1 is 1.42 bits per heavy atom. The molecule has 1 atom stereocenters. The lowest BCUT2D eigenvalue weighted by molar-refractivity contribution is -0.138. The van der Waals surface area contributed by atoms with Gasteiger partial charge >= 0.3 is 0 Å². The number of aromatic nitrogens is 3. The molecule has 0 aromatic carbocycles. The quantitative estimate of drug-likeness (QED) is 0.847. The van der Waals surface area contributed by atoms with Crippen LogP contribution in [0.4, 0.5) is 5.82 Å². The Morgan fingerprint density at radius 2 is 2.27 bits per heavy atom. The van der Waals surface area contributed by atoms with Crippen LogP contribution in [0.2, 0.25) is 0 Å². The van der Waals surface area contributed by atoms with E-state index in [0.717, 1.165) is 36.1 Å². The summed E-state index contributed by atoms with van der Waals surface area (Å²) < 4.78 is 7.69. The van der Waals surface area contributed by atoms with Gasteiger partial charge in [0.05, 0.1) is 18.9 Å². The zero-order chi connectivity index (χ0) is 18.5. The van der Waals surface area contributed by atoms with Crippen molar-refractivity contribution < 1.29 is 9.53 Å². The minimum Gasteiger partial charge on any atom is -0.384 e. The number of anilines is 1. The highest BCUT2D eigenvalue weighted by molar-refractivity contribution is 5.76. The fraction of sp³-hybridized carbons (Fsp3) is 0.526. The van der Waals surface area contributed by atoms with E-state index in [-0.39, 0.29) is 12.0 Å². The average molecular weight is 357 g/mol. The number of nitrogens with zero attached hydrogens (tertiary/aromatic N) is 4. The molecule has 0 spiro atoms. The average Bonchev–Trinajstić information content (AvgIpc) is 2.97. The van der Waals surface area contributed by atoms with E-state index in [0.29, 0.717) is 31.9 Å². The van der Waals surface area contributed by atoms with Gasteiger partial charge in [0.2, 0.25) is 5.91 Å². The molecule has 26 heavy (non-hydrogen) atoms. The van der Waals surface area contributed by atoms with Crippen LogP contribution in [0, 0.1) is 6.92 Å². The molecule has 0 unspecified atom stereocenters. The molecule has 0 aliphatic carbocycles. The Bertz CT molecular complexity index is 758. The lowest BCUT2D eigenvalue weighted by Crippen LogP contribution is -2.45. The molecule has 2 aromatic rings. The minimum atomic E-state index is 0.0715. The molecule has 1 fully saturated rings. The number of hydrogen-bond donors (Lipinski definition) is 1. The van der Waals surface area contributed by atoms with Gasteiger partial charge in [0.1, 0.15) is 5.82 Å². The fourth-order valence-electron chi connectivity index (χ4n) is 3.29. The van der Waals surface area contributed by atoms with Gasteiger partial charge in [-0.15, -0.1) is 0 Å². The van der Waals surface area contributed by atoms with Crippen molar-refractivity contribution in [3.05, 3.63) is 41.3 Å². The van der Waals surface area contributed by atoms with E-state index in [1.165, 1.54) is 0 Å². The Balaban J connectivity index is 1.48. The molecule has 2 aromatic heterocycles. The fourth-order valence-corrected chi connectivity index (χ4v) is 3.29. The number of carbonyl (C=O) groups is 1. The number of nitrogens with two attached hydrogens (primary N) is 1. The maximum absolute atomic E-state index is 12.6. The van der Waals surface area contributed by atoms with Crippen LogP contribution in [-0.4, -0.2) is 51.4 Å². The summed E-state index contributed by atoms with van der Waals surface area (Å²) in [5.41, 5.74) is 9.13. The van der Waals surface area contributed by atoms with Gasteiger partial charge in [-0.1, -0.05) is 0 Å². The van der Waals surface area contributed by atoms with Gasteiger partial charge in [0, 0.05) is 38.4 Å². The van der Waals surface area contributed by atoms with Gasteiger partial charge < -0.3 is 15.4 Å². The number of aryl methyl sites for hydroxylation is 3. The summed E-state index contributed by atoms with van der Waals surface area (Å²) in [7, 11) is 1.92. The first-order valence-corrected chi connectivity index (χ1v) is 9.10. The summed E-state index contributed by atoms with van der Waals surface area (Å²) in [6.07, 6.45) is 6.64. The summed E-state index contributed by atoms with van der Waals surface area (Å²) >= 11 is 0. The van der Waals surface area contributed by atoms with Crippen LogP contribution in [0.15, 0.2) is 24.5 Å². The maximum Gasteiger partial charge on any atom is 0.223 e. The normalized spacial score (nSPS) is 17.5. The molecular formula is C19H27N5O2. The van der Waals surface area contributed by atoms with E-state index in [2.05, 4.69) is 10.1 Å². The van der Waals surface area contributed by atoms with Crippen LogP contribution in [0.5, 0.6) is 0 Å². The van der Waals surface area contributed by atoms with Crippen molar-refractivity contribution in [2.45, 2.75) is 38.7 Å². The van der Waals surface area contributed by atoms with Crippen molar-refractivity contribution in [3.63, 3.8) is 0 Å². The number of carbonyl (C=O) groups excluding carboxylic acids is 1. The predicted molar refractivity (Wildman–Crippen MR) is 99.6 cm³/mol. The van der Waals surface area contributed by atoms with E-state index in [4.69, 9.17) is 10.5 Å². The van der Waals surface area contributed by atoms with Crippen LogP contribution < -0.4 is 5.73 Å². The molecule has 0 bridgehead atoms. The Morgan fingerprint density at radius 3 is 3.00 bits per heavy atom. The van der Waals surface area contributed by atoms with Gasteiger partial charge in [-0.05, 0) is 49.4 Å². The standard InChI is InChI=1S/C19H27N5O2/c1-14-16(12-22-23(14)2)4-6-19(25)24-9-10-26-17(13-24)5-3-15-7-8-21-18(20)11-15/h7-8,11-12,17H,3-6,9-10,13H2,1-2H3,(H2,20,21)/t17-/m0/s1. The third kappa shape index (κ3) is 4.60. The summed E-state index contributed by atoms with van der Waals surface area (Å²) in [4.78, 5) is 18.5. The first-order valence-electron chi connectivity index (χ1n) is 9.10. The molecular weight excluding hydrogens is 330 g/mol. The van der Waals surface area contributed by atoms with Gasteiger partial charge in [-0.25, -0.2) is 4.98 Å².